The second kappa shape index (κ2) is 12.6. The number of amides is 4. The molecule has 12 nitrogen and oxygen atoms in total. The van der Waals surface area contributed by atoms with Gasteiger partial charge in [-0.05, 0) is 59.8 Å². The monoisotopic (exact) mass is 591 g/mol. The summed E-state index contributed by atoms with van der Waals surface area (Å²) in [5, 5.41) is 4.80. The molecule has 216 valence electrons. The first-order valence-corrected chi connectivity index (χ1v) is 13.3. The average Bonchev–Trinajstić information content (AvgIpc) is 3.56. The fraction of sp³-hybridized carbons (Fsp3) is 0.172. The molecule has 1 saturated heterocycles. The Kier molecular flexibility index (Phi) is 8.48. The number of nitrogens with zero attached hydrogens (tertiary/aromatic N) is 1. The molecule has 1 fully saturated rings. The summed E-state index contributed by atoms with van der Waals surface area (Å²) in [7, 11) is 2.95. The average molecular weight is 592 g/mol. The first-order chi connectivity index (χ1) is 20.3. The van der Waals surface area contributed by atoms with Gasteiger partial charge in [-0.3, -0.25) is 24.1 Å². The van der Waals surface area contributed by atoms with Crippen molar-refractivity contribution in [2.24, 2.45) is 0 Å². The van der Waals surface area contributed by atoms with Gasteiger partial charge >= 0.3 is 0 Å². The van der Waals surface area contributed by atoms with E-state index in [0.717, 1.165) is 16.7 Å². The summed E-state index contributed by atoms with van der Waals surface area (Å²) in [4.78, 5) is 51.5. The van der Waals surface area contributed by atoms with E-state index >= 15 is 0 Å². The predicted octanol–water partition coefficient (Wildman–Crippen LogP) is 4.13. The lowest BCUT2D eigenvalue weighted by molar-refractivity contribution is -0.127. The number of thioether (sulfide) groups is 1. The molecule has 0 aliphatic carbocycles. The van der Waals surface area contributed by atoms with Gasteiger partial charge in [-0.2, -0.15) is 0 Å². The van der Waals surface area contributed by atoms with Gasteiger partial charge in [0, 0.05) is 11.8 Å². The van der Waals surface area contributed by atoms with Crippen LogP contribution < -0.4 is 34.3 Å². The summed E-state index contributed by atoms with van der Waals surface area (Å²) in [6.07, 6.45) is 1.52. The van der Waals surface area contributed by atoms with Crippen molar-refractivity contribution in [3.05, 3.63) is 71.1 Å². The van der Waals surface area contributed by atoms with E-state index in [4.69, 9.17) is 23.7 Å². The Morgan fingerprint density at radius 2 is 1.69 bits per heavy atom. The normalized spacial score (nSPS) is 14.6. The minimum atomic E-state index is -0.599. The number of methoxy groups -OCH3 is 2. The molecule has 2 heterocycles. The van der Waals surface area contributed by atoms with Crippen molar-refractivity contribution in [2.75, 3.05) is 44.8 Å². The number of nitrogens with one attached hydrogen (secondary N) is 2. The van der Waals surface area contributed by atoms with Gasteiger partial charge in [0.2, 0.25) is 12.7 Å². The number of hydrogen-bond acceptors (Lipinski definition) is 10. The summed E-state index contributed by atoms with van der Waals surface area (Å²) >= 11 is 0.724. The van der Waals surface area contributed by atoms with Crippen molar-refractivity contribution in [2.45, 2.75) is 0 Å². The highest BCUT2D eigenvalue weighted by molar-refractivity contribution is 8.18. The number of fused-ring (bicyclic) bond motifs is 1. The van der Waals surface area contributed by atoms with Gasteiger partial charge in [-0.25, -0.2) is 0 Å². The van der Waals surface area contributed by atoms with E-state index in [-0.39, 0.29) is 18.3 Å². The Balaban J connectivity index is 1.19. The SMILES string of the molecule is COc1ccccc1NC(=O)COc1ccc(/C=C2\SC(=O)N(CC(=O)Nc3ccc4c(c3)OCO4)C2=O)cc1OC. The number of carbonyl (C=O) groups excluding carboxylic acids is 4. The van der Waals surface area contributed by atoms with Crippen molar-refractivity contribution in [3.8, 4) is 28.7 Å². The van der Waals surface area contributed by atoms with Crippen LogP contribution in [0.5, 0.6) is 28.7 Å². The zero-order valence-electron chi connectivity index (χ0n) is 22.5. The van der Waals surface area contributed by atoms with Gasteiger partial charge in [0.25, 0.3) is 17.1 Å². The molecule has 13 heteroatoms. The molecular formula is C29H25N3O9S. The van der Waals surface area contributed by atoms with Crippen LogP contribution in [0.4, 0.5) is 16.2 Å². The Hall–Kier alpha value is -5.17. The van der Waals surface area contributed by atoms with Gasteiger partial charge in [0.1, 0.15) is 12.3 Å². The smallest absolute Gasteiger partial charge is 0.294 e. The third kappa shape index (κ3) is 6.41. The molecule has 3 aromatic carbocycles. The van der Waals surface area contributed by atoms with Crippen LogP contribution in [-0.4, -0.2) is 62.0 Å². The van der Waals surface area contributed by atoms with Crippen LogP contribution in [0.1, 0.15) is 5.56 Å². The lowest BCUT2D eigenvalue weighted by Crippen LogP contribution is -2.36. The number of anilines is 2. The third-order valence-electron chi connectivity index (χ3n) is 6.06. The predicted molar refractivity (Wildman–Crippen MR) is 154 cm³/mol. The third-order valence-corrected chi connectivity index (χ3v) is 6.96. The van der Waals surface area contributed by atoms with Crippen LogP contribution in [0.2, 0.25) is 0 Å². The minimum absolute atomic E-state index is 0.0966. The number of para-hydroxylation sites is 2. The second-order valence-electron chi connectivity index (χ2n) is 8.83. The van der Waals surface area contributed by atoms with Crippen LogP contribution >= 0.6 is 11.8 Å². The molecule has 0 saturated carbocycles. The number of ether oxygens (including phenoxy) is 5. The summed E-state index contributed by atoms with van der Waals surface area (Å²) in [6.45, 7) is -0.649. The number of hydrogen-bond donors (Lipinski definition) is 2. The van der Waals surface area contributed by atoms with Crippen LogP contribution in [0.3, 0.4) is 0 Å². The summed E-state index contributed by atoms with van der Waals surface area (Å²) in [6, 6.07) is 16.7. The van der Waals surface area contributed by atoms with E-state index < -0.39 is 29.5 Å². The highest BCUT2D eigenvalue weighted by Crippen LogP contribution is 2.36. The van der Waals surface area contributed by atoms with Crippen molar-refractivity contribution in [1.82, 2.24) is 4.90 Å². The van der Waals surface area contributed by atoms with Gasteiger partial charge in [0.15, 0.2) is 29.6 Å². The zero-order valence-corrected chi connectivity index (χ0v) is 23.3. The van der Waals surface area contributed by atoms with E-state index in [1.165, 1.54) is 20.3 Å². The van der Waals surface area contributed by atoms with Crippen molar-refractivity contribution >= 4 is 52.2 Å². The minimum Gasteiger partial charge on any atom is -0.495 e. The zero-order chi connectivity index (χ0) is 29.6. The largest absolute Gasteiger partial charge is 0.495 e. The summed E-state index contributed by atoms with van der Waals surface area (Å²) in [5.41, 5.74) is 1.50. The van der Waals surface area contributed by atoms with Crippen LogP contribution in [0.25, 0.3) is 6.08 Å². The maximum atomic E-state index is 12.9. The maximum absolute atomic E-state index is 12.9. The topological polar surface area (TPSA) is 142 Å². The molecule has 0 radical (unpaired) electrons. The Bertz CT molecular complexity index is 1590. The highest BCUT2D eigenvalue weighted by Gasteiger charge is 2.36. The molecule has 2 N–H and O–H groups in total. The standard InChI is InChI=1S/C29H25N3O9S/c1-37-20-6-4-3-5-19(20)31-27(34)15-39-21-9-7-17(11-23(21)38-2)12-25-28(35)32(29(36)42-25)14-26(33)30-18-8-10-22-24(13-18)41-16-40-22/h3-13H,14-16H2,1-2H3,(H,30,33)(H,31,34)/b25-12-. The van der Waals surface area contributed by atoms with Gasteiger partial charge in [0.05, 0.1) is 24.8 Å². The van der Waals surface area contributed by atoms with Crippen molar-refractivity contribution < 1.29 is 42.9 Å². The van der Waals surface area contributed by atoms with Crippen molar-refractivity contribution in [3.63, 3.8) is 0 Å². The molecular weight excluding hydrogens is 566 g/mol. The molecule has 2 aliphatic heterocycles. The molecule has 2 aliphatic rings. The van der Waals surface area contributed by atoms with E-state index in [1.807, 2.05) is 0 Å². The van der Waals surface area contributed by atoms with E-state index in [2.05, 4.69) is 10.6 Å². The van der Waals surface area contributed by atoms with E-state index in [0.29, 0.717) is 45.7 Å². The number of carbonyl (C=O) groups is 4. The van der Waals surface area contributed by atoms with Gasteiger partial charge < -0.3 is 34.3 Å². The second-order valence-corrected chi connectivity index (χ2v) is 9.82. The molecule has 0 spiro atoms. The lowest BCUT2D eigenvalue weighted by Gasteiger charge is -2.13. The summed E-state index contributed by atoms with van der Waals surface area (Å²) < 4.78 is 26.8. The molecule has 0 atom stereocenters. The Morgan fingerprint density at radius 1 is 0.905 bits per heavy atom. The molecule has 0 unspecified atom stereocenters. The lowest BCUT2D eigenvalue weighted by atomic mass is 10.2. The van der Waals surface area contributed by atoms with Crippen LogP contribution in [-0.2, 0) is 14.4 Å². The fourth-order valence-corrected chi connectivity index (χ4v) is 4.92. The fourth-order valence-electron chi connectivity index (χ4n) is 4.08. The number of rotatable bonds is 10. The van der Waals surface area contributed by atoms with Crippen LogP contribution in [0.15, 0.2) is 65.6 Å². The van der Waals surface area contributed by atoms with Crippen molar-refractivity contribution in [1.29, 1.82) is 0 Å². The highest BCUT2D eigenvalue weighted by atomic mass is 32.2. The number of imide groups is 1. The Morgan fingerprint density at radius 3 is 2.50 bits per heavy atom. The van der Waals surface area contributed by atoms with E-state index in [9.17, 15) is 19.2 Å². The van der Waals surface area contributed by atoms with E-state index in [1.54, 1.807) is 60.7 Å². The first-order valence-electron chi connectivity index (χ1n) is 12.5. The summed E-state index contributed by atoms with van der Waals surface area (Å²) in [5.74, 6) is 0.645. The number of benzene rings is 3. The molecule has 3 aromatic rings. The maximum Gasteiger partial charge on any atom is 0.294 e. The molecule has 42 heavy (non-hydrogen) atoms. The van der Waals surface area contributed by atoms with Crippen LogP contribution in [0, 0.1) is 0 Å². The molecule has 0 aromatic heterocycles. The molecule has 0 bridgehead atoms. The molecule has 4 amide bonds. The quantitative estimate of drug-likeness (QED) is 0.331. The first kappa shape index (κ1) is 28.4. The Labute approximate surface area is 244 Å². The molecule has 5 rings (SSSR count). The van der Waals surface area contributed by atoms with Gasteiger partial charge in [-0.1, -0.05) is 18.2 Å². The van der Waals surface area contributed by atoms with Gasteiger partial charge in [-0.15, -0.1) is 0 Å².